The molecule has 0 saturated carbocycles. The second kappa shape index (κ2) is 8.29. The highest BCUT2D eigenvalue weighted by molar-refractivity contribution is 6.25. The lowest BCUT2D eigenvalue weighted by atomic mass is 10.1. The van der Waals surface area contributed by atoms with Gasteiger partial charge in [-0.25, -0.2) is 0 Å². The lowest BCUT2D eigenvalue weighted by Gasteiger charge is -2.10. The fraction of sp³-hybridized carbons (Fsp3) is 0.429. The molecule has 1 aromatic carbocycles. The van der Waals surface area contributed by atoms with Crippen molar-refractivity contribution in [2.75, 3.05) is 13.2 Å². The lowest BCUT2D eigenvalue weighted by Crippen LogP contribution is -2.16. The molecule has 0 aliphatic rings. The van der Waals surface area contributed by atoms with Gasteiger partial charge in [-0.2, -0.15) is 0 Å². The summed E-state index contributed by atoms with van der Waals surface area (Å²) in [5, 5.41) is 3.36. The molecule has 2 nitrogen and oxygen atoms in total. The van der Waals surface area contributed by atoms with Gasteiger partial charge in [-0.3, -0.25) is 0 Å². The molecule has 0 aliphatic heterocycles. The Morgan fingerprint density at radius 2 is 2.06 bits per heavy atom. The van der Waals surface area contributed by atoms with Crippen LogP contribution in [0.3, 0.4) is 0 Å². The Labute approximate surface area is 109 Å². The largest absolute Gasteiger partial charge is 0.377 e. The van der Waals surface area contributed by atoms with E-state index in [-0.39, 0.29) is 0 Å². The molecule has 0 aliphatic carbocycles. The summed E-state index contributed by atoms with van der Waals surface area (Å²) in [6.07, 6.45) is 0. The molecule has 0 amide bonds. The second-order valence-corrected chi connectivity index (χ2v) is 4.18. The van der Waals surface area contributed by atoms with Gasteiger partial charge < -0.3 is 10.1 Å². The third-order valence-electron chi connectivity index (χ3n) is 2.49. The van der Waals surface area contributed by atoms with Crippen molar-refractivity contribution < 1.29 is 4.74 Å². The van der Waals surface area contributed by atoms with Gasteiger partial charge in [0.25, 0.3) is 0 Å². The third kappa shape index (κ3) is 5.35. The van der Waals surface area contributed by atoms with E-state index >= 15 is 0 Å². The molecule has 0 bridgehead atoms. The molecule has 17 heavy (non-hydrogen) atoms. The Balaban J connectivity index is 2.51. The first kappa shape index (κ1) is 14.2. The first-order chi connectivity index (χ1) is 8.27. The topological polar surface area (TPSA) is 21.3 Å². The van der Waals surface area contributed by atoms with Crippen LogP contribution in [0, 0.1) is 0 Å². The normalized spacial score (nSPS) is 11.8. The summed E-state index contributed by atoms with van der Waals surface area (Å²) in [7, 11) is 0. The molecule has 0 spiro atoms. The lowest BCUT2D eigenvalue weighted by molar-refractivity contribution is 0.133. The number of halogens is 1. The van der Waals surface area contributed by atoms with Crippen LogP contribution in [0.2, 0.25) is 0 Å². The SMILES string of the molecule is CCOCc1ccccc1CNC/C(C)=C/Cl. The van der Waals surface area contributed by atoms with Gasteiger partial charge in [0, 0.05) is 25.2 Å². The number of benzene rings is 1. The first-order valence-corrected chi connectivity index (χ1v) is 6.32. The average molecular weight is 254 g/mol. The summed E-state index contributed by atoms with van der Waals surface area (Å²) < 4.78 is 5.45. The van der Waals surface area contributed by atoms with Crippen LogP contribution in [-0.2, 0) is 17.9 Å². The summed E-state index contributed by atoms with van der Waals surface area (Å²) in [6.45, 7) is 7.09. The van der Waals surface area contributed by atoms with Gasteiger partial charge in [0.05, 0.1) is 6.61 Å². The predicted octanol–water partition coefficient (Wildman–Crippen LogP) is 3.46. The van der Waals surface area contributed by atoms with E-state index in [0.717, 1.165) is 25.3 Å². The minimum absolute atomic E-state index is 0.679. The van der Waals surface area contributed by atoms with E-state index < -0.39 is 0 Å². The van der Waals surface area contributed by atoms with E-state index in [1.165, 1.54) is 11.1 Å². The quantitative estimate of drug-likeness (QED) is 0.804. The molecule has 0 fully saturated rings. The number of rotatable bonds is 7. The van der Waals surface area contributed by atoms with Crippen molar-refractivity contribution in [1.82, 2.24) is 5.32 Å². The molecule has 0 heterocycles. The minimum atomic E-state index is 0.679. The summed E-state index contributed by atoms with van der Waals surface area (Å²) >= 11 is 5.61. The van der Waals surface area contributed by atoms with Gasteiger partial charge in [-0.15, -0.1) is 0 Å². The fourth-order valence-corrected chi connectivity index (χ4v) is 1.59. The Hall–Kier alpha value is -0.830. The van der Waals surface area contributed by atoms with Crippen LogP contribution in [0.1, 0.15) is 25.0 Å². The maximum absolute atomic E-state index is 5.61. The molecule has 0 aromatic heterocycles. The second-order valence-electron chi connectivity index (χ2n) is 3.96. The van der Waals surface area contributed by atoms with Crippen molar-refractivity contribution in [3.8, 4) is 0 Å². The van der Waals surface area contributed by atoms with Crippen LogP contribution in [0.15, 0.2) is 35.4 Å². The number of ether oxygens (including phenoxy) is 1. The number of nitrogens with one attached hydrogen (secondary N) is 1. The molecule has 0 unspecified atom stereocenters. The zero-order valence-corrected chi connectivity index (χ0v) is 11.3. The Morgan fingerprint density at radius 1 is 1.35 bits per heavy atom. The standard InChI is InChI=1S/C14H20ClNO/c1-3-17-11-14-7-5-4-6-13(14)10-16-9-12(2)8-15/h4-8,16H,3,9-11H2,1-2H3/b12-8+. The summed E-state index contributed by atoms with van der Waals surface area (Å²) in [5.74, 6) is 0. The van der Waals surface area contributed by atoms with Gasteiger partial charge in [0.2, 0.25) is 0 Å². The van der Waals surface area contributed by atoms with Gasteiger partial charge in [-0.1, -0.05) is 35.9 Å². The minimum Gasteiger partial charge on any atom is -0.377 e. The summed E-state index contributed by atoms with van der Waals surface area (Å²) in [5.41, 5.74) is 5.27. The smallest absolute Gasteiger partial charge is 0.0719 e. The molecule has 1 aromatic rings. The van der Waals surface area contributed by atoms with Crippen molar-refractivity contribution in [2.24, 2.45) is 0 Å². The fourth-order valence-electron chi connectivity index (χ4n) is 1.52. The van der Waals surface area contributed by atoms with Crippen LogP contribution in [0.25, 0.3) is 0 Å². The van der Waals surface area contributed by atoms with Crippen molar-refractivity contribution in [2.45, 2.75) is 27.0 Å². The maximum Gasteiger partial charge on any atom is 0.0719 e. The van der Waals surface area contributed by atoms with Crippen LogP contribution >= 0.6 is 11.6 Å². The van der Waals surface area contributed by atoms with Gasteiger partial charge >= 0.3 is 0 Å². The van der Waals surface area contributed by atoms with Crippen molar-refractivity contribution in [3.63, 3.8) is 0 Å². The molecule has 1 rings (SSSR count). The third-order valence-corrected chi connectivity index (χ3v) is 2.86. The summed E-state index contributed by atoms with van der Waals surface area (Å²) in [6, 6.07) is 8.33. The van der Waals surface area contributed by atoms with Gasteiger partial charge in [-0.05, 0) is 30.5 Å². The Kier molecular flexibility index (Phi) is 6.94. The van der Waals surface area contributed by atoms with E-state index in [2.05, 4.69) is 23.5 Å². The molecule has 94 valence electrons. The number of hydrogen-bond acceptors (Lipinski definition) is 2. The van der Waals surface area contributed by atoms with Crippen molar-refractivity contribution in [3.05, 3.63) is 46.5 Å². The van der Waals surface area contributed by atoms with Crippen molar-refractivity contribution >= 4 is 11.6 Å². The zero-order chi connectivity index (χ0) is 12.5. The average Bonchev–Trinajstić information content (AvgIpc) is 2.37. The van der Waals surface area contributed by atoms with E-state index in [1.807, 2.05) is 19.9 Å². The summed E-state index contributed by atoms with van der Waals surface area (Å²) in [4.78, 5) is 0. The van der Waals surface area contributed by atoms with E-state index in [1.54, 1.807) is 5.54 Å². The van der Waals surface area contributed by atoms with Crippen LogP contribution in [-0.4, -0.2) is 13.2 Å². The molecular formula is C14H20ClNO. The highest BCUT2D eigenvalue weighted by Crippen LogP contribution is 2.10. The van der Waals surface area contributed by atoms with Crippen LogP contribution < -0.4 is 5.32 Å². The predicted molar refractivity (Wildman–Crippen MR) is 73.1 cm³/mol. The molecule has 0 radical (unpaired) electrons. The van der Waals surface area contributed by atoms with E-state index in [9.17, 15) is 0 Å². The van der Waals surface area contributed by atoms with E-state index in [4.69, 9.17) is 16.3 Å². The molecule has 3 heteroatoms. The van der Waals surface area contributed by atoms with Crippen LogP contribution in [0.5, 0.6) is 0 Å². The molecule has 1 N–H and O–H groups in total. The first-order valence-electron chi connectivity index (χ1n) is 5.89. The van der Waals surface area contributed by atoms with E-state index in [0.29, 0.717) is 6.61 Å². The molecular weight excluding hydrogens is 234 g/mol. The van der Waals surface area contributed by atoms with Crippen molar-refractivity contribution in [1.29, 1.82) is 0 Å². The van der Waals surface area contributed by atoms with Gasteiger partial charge in [0.15, 0.2) is 0 Å². The highest BCUT2D eigenvalue weighted by atomic mass is 35.5. The van der Waals surface area contributed by atoms with Gasteiger partial charge in [0.1, 0.15) is 0 Å². The Morgan fingerprint density at radius 3 is 2.71 bits per heavy atom. The Bertz CT molecular complexity index is 363. The molecule has 0 saturated heterocycles. The highest BCUT2D eigenvalue weighted by Gasteiger charge is 2.01. The van der Waals surface area contributed by atoms with Crippen LogP contribution in [0.4, 0.5) is 0 Å². The monoisotopic (exact) mass is 253 g/mol. The maximum atomic E-state index is 5.61. The molecule has 0 atom stereocenters. The zero-order valence-electron chi connectivity index (χ0n) is 10.5. The number of hydrogen-bond donors (Lipinski definition) is 1.